The average molecular weight is 343 g/mol. The maximum Gasteiger partial charge on any atom is 0.243 e. The Morgan fingerprint density at radius 3 is 2.32 bits per heavy atom. The number of unbranched alkanes of at least 4 members (excludes halogenated alkanes) is 1. The van der Waals surface area contributed by atoms with Crippen molar-refractivity contribution in [2.24, 2.45) is 11.8 Å². The molecule has 0 radical (unpaired) electrons. The van der Waals surface area contributed by atoms with E-state index in [1.54, 1.807) is 4.90 Å². The molecule has 3 rings (SSSR count). The number of carbonyl (C=O) groups is 3. The fraction of sp³-hybridized carbons (Fsp3) is 0.526. The number of benzene rings is 1. The lowest BCUT2D eigenvalue weighted by molar-refractivity contribution is -0.131. The Bertz CT molecular complexity index is 652. The molecule has 1 aliphatic heterocycles. The van der Waals surface area contributed by atoms with Crippen molar-refractivity contribution in [2.75, 3.05) is 11.4 Å². The lowest BCUT2D eigenvalue weighted by atomic mass is 10.1. The van der Waals surface area contributed by atoms with Crippen molar-refractivity contribution in [1.29, 1.82) is 0 Å². The Kier molecular flexibility index (Phi) is 5.36. The third-order valence-corrected chi connectivity index (χ3v) is 4.82. The maximum absolute atomic E-state index is 12.3. The number of carbonyl (C=O) groups excluding carboxylic acids is 3. The van der Waals surface area contributed by atoms with Gasteiger partial charge >= 0.3 is 0 Å². The number of nitrogens with zero attached hydrogens (tertiary/aromatic N) is 1. The average Bonchev–Trinajstić information content (AvgIpc) is 3.40. The Hall–Kier alpha value is -2.37. The normalized spacial score (nSPS) is 19.8. The molecule has 2 fully saturated rings. The van der Waals surface area contributed by atoms with Crippen molar-refractivity contribution in [3.8, 4) is 0 Å². The fourth-order valence-electron chi connectivity index (χ4n) is 3.03. The van der Waals surface area contributed by atoms with Gasteiger partial charge in [-0.2, -0.15) is 0 Å². The summed E-state index contributed by atoms with van der Waals surface area (Å²) in [5.74, 6) is -0.906. The van der Waals surface area contributed by atoms with Crippen LogP contribution >= 0.6 is 0 Å². The molecule has 6 heteroatoms. The molecular formula is C19H25N3O3. The second-order valence-corrected chi connectivity index (χ2v) is 6.93. The third kappa shape index (κ3) is 4.38. The van der Waals surface area contributed by atoms with Gasteiger partial charge in [0.15, 0.2) is 0 Å². The number of hydrogen-bond donors (Lipinski definition) is 2. The number of anilines is 1. The standard InChI is InChI=1S/C19H25N3O3/c1-2-3-4-13-5-9-16(10-6-13)22-12-15(11-17(22)23)19(25)21-20-18(24)14-7-8-14/h5-6,9-10,14-15H,2-4,7-8,11-12H2,1H3,(H,20,24)(H,21,25)/t15-/m0/s1. The Morgan fingerprint density at radius 1 is 1.08 bits per heavy atom. The van der Waals surface area contributed by atoms with Crippen LogP contribution in [-0.4, -0.2) is 24.3 Å². The van der Waals surface area contributed by atoms with E-state index in [9.17, 15) is 14.4 Å². The molecule has 2 N–H and O–H groups in total. The van der Waals surface area contributed by atoms with Crippen molar-refractivity contribution in [2.45, 2.75) is 45.4 Å². The monoisotopic (exact) mass is 343 g/mol. The van der Waals surface area contributed by atoms with Crippen LogP contribution in [0.3, 0.4) is 0 Å². The molecule has 0 aromatic heterocycles. The minimum Gasteiger partial charge on any atom is -0.312 e. The van der Waals surface area contributed by atoms with Crippen LogP contribution in [0, 0.1) is 11.8 Å². The smallest absolute Gasteiger partial charge is 0.243 e. The van der Waals surface area contributed by atoms with E-state index in [0.717, 1.165) is 37.8 Å². The molecule has 1 aromatic carbocycles. The van der Waals surface area contributed by atoms with Gasteiger partial charge < -0.3 is 4.90 Å². The van der Waals surface area contributed by atoms with Gasteiger partial charge in [-0.05, 0) is 43.4 Å². The summed E-state index contributed by atoms with van der Waals surface area (Å²) < 4.78 is 0. The van der Waals surface area contributed by atoms with Gasteiger partial charge in [-0.15, -0.1) is 0 Å². The summed E-state index contributed by atoms with van der Waals surface area (Å²) in [5, 5.41) is 0. The van der Waals surface area contributed by atoms with E-state index >= 15 is 0 Å². The van der Waals surface area contributed by atoms with Crippen LogP contribution in [0.5, 0.6) is 0 Å². The fourth-order valence-corrected chi connectivity index (χ4v) is 3.03. The summed E-state index contributed by atoms with van der Waals surface area (Å²) in [6.45, 7) is 2.51. The zero-order chi connectivity index (χ0) is 17.8. The van der Waals surface area contributed by atoms with Crippen LogP contribution in [0.1, 0.15) is 44.6 Å². The van der Waals surface area contributed by atoms with Gasteiger partial charge in [0.2, 0.25) is 17.7 Å². The SMILES string of the molecule is CCCCc1ccc(N2C[C@@H](C(=O)NNC(=O)C3CC3)CC2=O)cc1. The molecule has 1 heterocycles. The molecule has 1 saturated carbocycles. The minimum absolute atomic E-state index is 0.0354. The van der Waals surface area contributed by atoms with E-state index in [1.807, 2.05) is 24.3 Å². The van der Waals surface area contributed by atoms with E-state index < -0.39 is 5.92 Å². The highest BCUT2D eigenvalue weighted by atomic mass is 16.2. The van der Waals surface area contributed by atoms with Crippen LogP contribution < -0.4 is 15.8 Å². The third-order valence-electron chi connectivity index (χ3n) is 4.82. The van der Waals surface area contributed by atoms with Crippen LogP contribution in [0.4, 0.5) is 5.69 Å². The van der Waals surface area contributed by atoms with Gasteiger partial charge in [0.1, 0.15) is 0 Å². The van der Waals surface area contributed by atoms with E-state index in [2.05, 4.69) is 17.8 Å². The summed E-state index contributed by atoms with van der Waals surface area (Å²) in [6.07, 6.45) is 5.27. The number of hydrogen-bond acceptors (Lipinski definition) is 3. The first-order chi connectivity index (χ1) is 12.1. The number of nitrogens with one attached hydrogen (secondary N) is 2. The summed E-state index contributed by atoms with van der Waals surface area (Å²) >= 11 is 0. The molecule has 134 valence electrons. The molecule has 1 aliphatic carbocycles. The largest absolute Gasteiger partial charge is 0.312 e. The molecule has 1 atom stereocenters. The molecule has 3 amide bonds. The highest BCUT2D eigenvalue weighted by Gasteiger charge is 2.36. The first kappa shape index (κ1) is 17.5. The van der Waals surface area contributed by atoms with Gasteiger partial charge in [-0.25, -0.2) is 0 Å². The highest BCUT2D eigenvalue weighted by molar-refractivity contribution is 6.00. The van der Waals surface area contributed by atoms with Crippen LogP contribution in [0.2, 0.25) is 0 Å². The topological polar surface area (TPSA) is 78.5 Å². The van der Waals surface area contributed by atoms with Crippen LogP contribution in [0.25, 0.3) is 0 Å². The molecule has 2 aliphatic rings. The molecule has 0 spiro atoms. The van der Waals surface area contributed by atoms with Crippen molar-refractivity contribution >= 4 is 23.4 Å². The molecular weight excluding hydrogens is 318 g/mol. The summed E-state index contributed by atoms with van der Waals surface area (Å²) in [5.41, 5.74) is 6.98. The van der Waals surface area contributed by atoms with Crippen molar-refractivity contribution in [3.05, 3.63) is 29.8 Å². The molecule has 25 heavy (non-hydrogen) atoms. The Labute approximate surface area is 147 Å². The molecule has 1 aromatic rings. The van der Waals surface area contributed by atoms with E-state index in [-0.39, 0.29) is 30.1 Å². The van der Waals surface area contributed by atoms with Gasteiger partial charge in [-0.3, -0.25) is 25.2 Å². The zero-order valence-electron chi connectivity index (χ0n) is 14.6. The predicted octanol–water partition coefficient (Wildman–Crippen LogP) is 1.94. The van der Waals surface area contributed by atoms with Crippen LogP contribution in [0.15, 0.2) is 24.3 Å². The van der Waals surface area contributed by atoms with Crippen molar-refractivity contribution < 1.29 is 14.4 Å². The van der Waals surface area contributed by atoms with Crippen LogP contribution in [-0.2, 0) is 20.8 Å². The van der Waals surface area contributed by atoms with Gasteiger partial charge in [0, 0.05) is 24.6 Å². The van der Waals surface area contributed by atoms with E-state index in [4.69, 9.17) is 0 Å². The molecule has 0 bridgehead atoms. The van der Waals surface area contributed by atoms with Gasteiger partial charge in [0.05, 0.1) is 5.92 Å². The Balaban J connectivity index is 1.54. The minimum atomic E-state index is -0.438. The van der Waals surface area contributed by atoms with Crippen molar-refractivity contribution in [1.82, 2.24) is 10.9 Å². The quantitative estimate of drug-likeness (QED) is 0.775. The molecule has 6 nitrogen and oxygen atoms in total. The number of hydrazine groups is 1. The van der Waals surface area contributed by atoms with E-state index in [1.165, 1.54) is 5.56 Å². The Morgan fingerprint density at radius 2 is 1.72 bits per heavy atom. The number of amides is 3. The molecule has 0 unspecified atom stereocenters. The second-order valence-electron chi connectivity index (χ2n) is 6.93. The number of rotatable bonds is 6. The summed E-state index contributed by atoms with van der Waals surface area (Å²) in [7, 11) is 0. The first-order valence-corrected chi connectivity index (χ1v) is 9.07. The van der Waals surface area contributed by atoms with Crippen molar-refractivity contribution in [3.63, 3.8) is 0 Å². The van der Waals surface area contributed by atoms with Gasteiger partial charge in [0.25, 0.3) is 0 Å². The predicted molar refractivity (Wildman–Crippen MR) is 94.5 cm³/mol. The molecule has 1 saturated heterocycles. The first-order valence-electron chi connectivity index (χ1n) is 9.07. The number of aryl methyl sites for hydroxylation is 1. The van der Waals surface area contributed by atoms with Gasteiger partial charge in [-0.1, -0.05) is 25.5 Å². The zero-order valence-corrected chi connectivity index (χ0v) is 14.6. The highest BCUT2D eigenvalue weighted by Crippen LogP contribution is 2.28. The lowest BCUT2D eigenvalue weighted by Gasteiger charge is -2.17. The maximum atomic E-state index is 12.3. The summed E-state index contributed by atoms with van der Waals surface area (Å²) in [6, 6.07) is 7.97. The summed E-state index contributed by atoms with van der Waals surface area (Å²) in [4.78, 5) is 37.7. The lowest BCUT2D eigenvalue weighted by Crippen LogP contribution is -2.45. The second kappa shape index (κ2) is 7.68. The van der Waals surface area contributed by atoms with E-state index in [0.29, 0.717) is 6.54 Å².